The maximum absolute atomic E-state index is 11.1. The second-order valence-corrected chi connectivity index (χ2v) is 6.97. The lowest BCUT2D eigenvalue weighted by Crippen LogP contribution is -2.36. The van der Waals surface area contributed by atoms with Crippen molar-refractivity contribution in [2.75, 3.05) is 18.0 Å². The number of carboxylic acid groups (broad SMARTS) is 1. The van der Waals surface area contributed by atoms with Crippen LogP contribution in [0.15, 0.2) is 12.3 Å². The number of hydrogen-bond donors (Lipinski definition) is 1. The van der Waals surface area contributed by atoms with Gasteiger partial charge in [-0.2, -0.15) is 5.10 Å². The highest BCUT2D eigenvalue weighted by Crippen LogP contribution is 2.34. The lowest BCUT2D eigenvalue weighted by atomic mass is 9.94. The van der Waals surface area contributed by atoms with Gasteiger partial charge in [-0.25, -0.2) is 9.97 Å². The van der Waals surface area contributed by atoms with E-state index >= 15 is 0 Å². The van der Waals surface area contributed by atoms with Gasteiger partial charge in [0.25, 0.3) is 0 Å². The average Bonchev–Trinajstić information content (AvgIpc) is 3.22. The average molecular weight is 341 g/mol. The molecule has 132 valence electrons. The number of rotatable bonds is 4. The number of aromatic nitrogens is 4. The number of carbonyl (C=O) groups is 1. The molecule has 7 heteroatoms. The minimum atomic E-state index is -0.859. The smallest absolute Gasteiger partial charge is 0.325 e. The molecule has 1 N–H and O–H groups in total. The maximum Gasteiger partial charge on any atom is 0.325 e. The van der Waals surface area contributed by atoms with Gasteiger partial charge in [-0.3, -0.25) is 9.48 Å². The van der Waals surface area contributed by atoms with Gasteiger partial charge >= 0.3 is 5.97 Å². The lowest BCUT2D eigenvalue weighted by molar-refractivity contribution is -0.137. The van der Waals surface area contributed by atoms with Crippen molar-refractivity contribution in [3.8, 4) is 0 Å². The fourth-order valence-electron chi connectivity index (χ4n) is 4.16. The van der Waals surface area contributed by atoms with Crippen LogP contribution in [0, 0.1) is 6.92 Å². The largest absolute Gasteiger partial charge is 0.480 e. The van der Waals surface area contributed by atoms with E-state index < -0.39 is 5.97 Å². The molecule has 7 nitrogen and oxygen atoms in total. The van der Waals surface area contributed by atoms with E-state index in [-0.39, 0.29) is 12.5 Å². The van der Waals surface area contributed by atoms with Gasteiger partial charge in [-0.05, 0) is 45.1 Å². The van der Waals surface area contributed by atoms with Crippen molar-refractivity contribution in [3.63, 3.8) is 0 Å². The van der Waals surface area contributed by atoms with Gasteiger partial charge in [0.2, 0.25) is 0 Å². The molecule has 1 aliphatic carbocycles. The van der Waals surface area contributed by atoms with Crippen molar-refractivity contribution >= 4 is 11.8 Å². The number of aliphatic carboxylic acids is 1. The molecule has 1 atom stereocenters. The van der Waals surface area contributed by atoms with Crippen molar-refractivity contribution in [2.24, 2.45) is 0 Å². The SMILES string of the molecule is Cc1nc2c(c(N3CCC[C@H](c4ccnn4CC(=O)O)C3)n1)CCC2. The molecule has 0 radical (unpaired) electrons. The molecule has 2 aromatic rings. The first-order valence-electron chi connectivity index (χ1n) is 8.96. The zero-order valence-corrected chi connectivity index (χ0v) is 14.5. The zero-order chi connectivity index (χ0) is 17.4. The van der Waals surface area contributed by atoms with Crippen molar-refractivity contribution in [3.05, 3.63) is 35.0 Å². The normalized spacial score (nSPS) is 19.9. The monoisotopic (exact) mass is 341 g/mol. The summed E-state index contributed by atoms with van der Waals surface area (Å²) in [6.45, 7) is 3.73. The molecular weight excluding hydrogens is 318 g/mol. The third-order valence-electron chi connectivity index (χ3n) is 5.20. The molecule has 2 aromatic heterocycles. The molecule has 0 bridgehead atoms. The van der Waals surface area contributed by atoms with Crippen LogP contribution in [0.2, 0.25) is 0 Å². The van der Waals surface area contributed by atoms with Crippen LogP contribution in [0.1, 0.15) is 48.0 Å². The van der Waals surface area contributed by atoms with E-state index in [0.29, 0.717) is 0 Å². The van der Waals surface area contributed by atoms with Gasteiger partial charge < -0.3 is 10.0 Å². The van der Waals surface area contributed by atoms with Crippen molar-refractivity contribution in [1.29, 1.82) is 0 Å². The molecule has 0 unspecified atom stereocenters. The van der Waals surface area contributed by atoms with Crippen LogP contribution in [0.4, 0.5) is 5.82 Å². The van der Waals surface area contributed by atoms with Gasteiger partial charge in [-0.1, -0.05) is 0 Å². The predicted molar refractivity (Wildman–Crippen MR) is 92.8 cm³/mol. The highest BCUT2D eigenvalue weighted by molar-refractivity contribution is 5.66. The zero-order valence-electron chi connectivity index (χ0n) is 14.5. The van der Waals surface area contributed by atoms with Crippen LogP contribution in [0.25, 0.3) is 0 Å². The van der Waals surface area contributed by atoms with E-state index in [1.807, 2.05) is 13.0 Å². The molecule has 2 aliphatic rings. The molecule has 3 heterocycles. The highest BCUT2D eigenvalue weighted by atomic mass is 16.4. The van der Waals surface area contributed by atoms with Gasteiger partial charge in [0, 0.05) is 42.2 Å². The minimum absolute atomic E-state index is 0.0825. The first kappa shape index (κ1) is 16.1. The van der Waals surface area contributed by atoms with Crippen LogP contribution in [0.5, 0.6) is 0 Å². The topological polar surface area (TPSA) is 84.1 Å². The Morgan fingerprint density at radius 2 is 2.20 bits per heavy atom. The first-order valence-corrected chi connectivity index (χ1v) is 8.96. The van der Waals surface area contributed by atoms with E-state index in [2.05, 4.69) is 15.0 Å². The molecule has 0 aromatic carbocycles. The van der Waals surface area contributed by atoms with E-state index in [1.54, 1.807) is 10.9 Å². The van der Waals surface area contributed by atoms with Crippen LogP contribution in [-0.2, 0) is 24.2 Å². The number of hydrogen-bond acceptors (Lipinski definition) is 5. The lowest BCUT2D eigenvalue weighted by Gasteiger charge is -2.34. The summed E-state index contributed by atoms with van der Waals surface area (Å²) >= 11 is 0. The second-order valence-electron chi connectivity index (χ2n) is 6.97. The Kier molecular flexibility index (Phi) is 4.15. The molecule has 1 aliphatic heterocycles. The Balaban J connectivity index is 1.60. The van der Waals surface area contributed by atoms with Crippen LogP contribution in [0.3, 0.4) is 0 Å². The molecule has 0 saturated carbocycles. The number of nitrogens with zero attached hydrogens (tertiary/aromatic N) is 5. The van der Waals surface area contributed by atoms with Gasteiger partial charge in [0.1, 0.15) is 18.2 Å². The minimum Gasteiger partial charge on any atom is -0.480 e. The van der Waals surface area contributed by atoms with Crippen LogP contribution >= 0.6 is 0 Å². The Labute approximate surface area is 146 Å². The summed E-state index contributed by atoms with van der Waals surface area (Å²) < 4.78 is 1.62. The van der Waals surface area contributed by atoms with Gasteiger partial charge in [0.15, 0.2) is 0 Å². The van der Waals surface area contributed by atoms with Gasteiger partial charge in [-0.15, -0.1) is 0 Å². The standard InChI is InChI=1S/C18H23N5O2/c1-12-20-15-6-2-5-14(15)18(21-12)22-9-3-4-13(10-22)16-7-8-19-23(16)11-17(24)25/h7-8,13H,2-6,9-11H2,1H3,(H,24,25)/t13-/m0/s1. The summed E-state index contributed by atoms with van der Waals surface area (Å²) in [5.74, 6) is 1.35. The number of piperidine rings is 1. The molecule has 1 fully saturated rings. The molecule has 0 spiro atoms. The summed E-state index contributed by atoms with van der Waals surface area (Å²) in [7, 11) is 0. The molecule has 0 amide bonds. The van der Waals surface area contributed by atoms with E-state index in [9.17, 15) is 4.79 Å². The molecule has 25 heavy (non-hydrogen) atoms. The fraction of sp³-hybridized carbons (Fsp3) is 0.556. The summed E-state index contributed by atoms with van der Waals surface area (Å²) in [6, 6.07) is 1.95. The van der Waals surface area contributed by atoms with E-state index in [0.717, 1.165) is 62.5 Å². The summed E-state index contributed by atoms with van der Waals surface area (Å²) in [4.78, 5) is 22.8. The number of carboxylic acids is 1. The Bertz CT molecular complexity index is 801. The fourth-order valence-corrected chi connectivity index (χ4v) is 4.16. The van der Waals surface area contributed by atoms with Crippen molar-refractivity contribution in [2.45, 2.75) is 51.5 Å². The van der Waals surface area contributed by atoms with Crippen LogP contribution in [-0.4, -0.2) is 43.9 Å². The van der Waals surface area contributed by atoms with Crippen molar-refractivity contribution in [1.82, 2.24) is 19.7 Å². The quantitative estimate of drug-likeness (QED) is 0.915. The second kappa shape index (κ2) is 6.46. The van der Waals surface area contributed by atoms with Crippen LogP contribution < -0.4 is 4.90 Å². The first-order chi connectivity index (χ1) is 12.1. The Hall–Kier alpha value is -2.44. The third kappa shape index (κ3) is 3.10. The number of anilines is 1. The van der Waals surface area contributed by atoms with Crippen molar-refractivity contribution < 1.29 is 9.90 Å². The number of fused-ring (bicyclic) bond motifs is 1. The predicted octanol–water partition coefficient (Wildman–Crippen LogP) is 1.94. The summed E-state index contributed by atoms with van der Waals surface area (Å²) in [5, 5.41) is 13.3. The molecule has 1 saturated heterocycles. The summed E-state index contributed by atoms with van der Waals surface area (Å²) in [6.07, 6.45) is 7.08. The van der Waals surface area contributed by atoms with Gasteiger partial charge in [0.05, 0.1) is 0 Å². The van der Waals surface area contributed by atoms with E-state index in [1.165, 1.54) is 11.3 Å². The Morgan fingerprint density at radius 1 is 1.32 bits per heavy atom. The maximum atomic E-state index is 11.1. The Morgan fingerprint density at radius 3 is 3.04 bits per heavy atom. The highest BCUT2D eigenvalue weighted by Gasteiger charge is 2.28. The molecule has 4 rings (SSSR count). The third-order valence-corrected chi connectivity index (χ3v) is 5.20. The van der Waals surface area contributed by atoms with E-state index in [4.69, 9.17) is 10.1 Å². The summed E-state index contributed by atoms with van der Waals surface area (Å²) in [5.41, 5.74) is 3.53. The number of aryl methyl sites for hydroxylation is 2. The molecular formula is C18H23N5O2.